The zero-order valence-corrected chi connectivity index (χ0v) is 15.0. The first-order chi connectivity index (χ1) is 12.1. The lowest BCUT2D eigenvalue weighted by Crippen LogP contribution is -2.34. The average Bonchev–Trinajstić information content (AvgIpc) is 3.09. The molecule has 25 heavy (non-hydrogen) atoms. The number of amides is 1. The van der Waals surface area contributed by atoms with Gasteiger partial charge in [-0.3, -0.25) is 10.1 Å². The van der Waals surface area contributed by atoms with Gasteiger partial charge in [0.25, 0.3) is 5.91 Å². The summed E-state index contributed by atoms with van der Waals surface area (Å²) < 4.78 is 10.5. The Kier molecular flexibility index (Phi) is 5.19. The van der Waals surface area contributed by atoms with Crippen molar-refractivity contribution in [3.05, 3.63) is 53.6 Å². The first-order valence-electron chi connectivity index (χ1n) is 8.19. The van der Waals surface area contributed by atoms with E-state index in [0.29, 0.717) is 23.0 Å². The number of rotatable bonds is 4. The maximum absolute atomic E-state index is 12.4. The first kappa shape index (κ1) is 17.2. The predicted octanol–water partition coefficient (Wildman–Crippen LogP) is 4.06. The van der Waals surface area contributed by atoms with Crippen LogP contribution in [0, 0.1) is 0 Å². The largest absolute Gasteiger partial charge is 0.454 e. The number of fused-ring (bicyclic) bond motifs is 1. The van der Waals surface area contributed by atoms with E-state index < -0.39 is 0 Å². The van der Waals surface area contributed by atoms with Crippen molar-refractivity contribution in [3.63, 3.8) is 0 Å². The van der Waals surface area contributed by atoms with E-state index in [1.54, 1.807) is 18.2 Å². The van der Waals surface area contributed by atoms with E-state index in [-0.39, 0.29) is 17.8 Å². The summed E-state index contributed by atoms with van der Waals surface area (Å²) in [5.74, 6) is 1.31. The number of benzene rings is 2. The van der Waals surface area contributed by atoms with Crippen LogP contribution in [0.1, 0.15) is 42.1 Å². The van der Waals surface area contributed by atoms with Crippen LogP contribution in [0.15, 0.2) is 42.5 Å². The molecule has 0 fully saturated rings. The highest BCUT2D eigenvalue weighted by molar-refractivity contribution is 7.80. The van der Waals surface area contributed by atoms with Crippen molar-refractivity contribution in [2.75, 3.05) is 12.1 Å². The second kappa shape index (κ2) is 7.53. The molecule has 0 spiro atoms. The van der Waals surface area contributed by atoms with Gasteiger partial charge >= 0.3 is 0 Å². The van der Waals surface area contributed by atoms with Crippen LogP contribution in [0.2, 0.25) is 0 Å². The molecule has 0 aliphatic carbocycles. The second-order valence-electron chi connectivity index (χ2n) is 5.87. The highest BCUT2D eigenvalue weighted by atomic mass is 32.1. The fraction of sp³-hybridized carbons (Fsp3) is 0.263. The molecule has 6 heteroatoms. The summed E-state index contributed by atoms with van der Waals surface area (Å²) in [6.07, 6.45) is 1.02. The quantitative estimate of drug-likeness (QED) is 0.809. The van der Waals surface area contributed by atoms with Crippen molar-refractivity contribution in [2.45, 2.75) is 26.2 Å². The Hall–Kier alpha value is -2.60. The van der Waals surface area contributed by atoms with Gasteiger partial charge in [-0.15, -0.1) is 0 Å². The lowest BCUT2D eigenvalue weighted by molar-refractivity contribution is 0.0977. The van der Waals surface area contributed by atoms with Gasteiger partial charge in [0.15, 0.2) is 16.6 Å². The molecule has 0 bridgehead atoms. The Morgan fingerprint density at radius 2 is 1.96 bits per heavy atom. The number of hydrogen-bond donors (Lipinski definition) is 2. The SMILES string of the molecule is CC[C@H](C)c1ccccc1NC(=S)NC(=O)c1ccc2c(c1)OCO2. The second-order valence-corrected chi connectivity index (χ2v) is 6.28. The molecule has 2 N–H and O–H groups in total. The molecule has 0 unspecified atom stereocenters. The van der Waals surface area contributed by atoms with Crippen molar-refractivity contribution < 1.29 is 14.3 Å². The van der Waals surface area contributed by atoms with Crippen LogP contribution in [0.5, 0.6) is 11.5 Å². The van der Waals surface area contributed by atoms with Crippen LogP contribution in [-0.2, 0) is 0 Å². The maximum Gasteiger partial charge on any atom is 0.257 e. The van der Waals surface area contributed by atoms with Gasteiger partial charge in [-0.05, 0) is 54.4 Å². The Morgan fingerprint density at radius 3 is 2.76 bits per heavy atom. The Labute approximate surface area is 152 Å². The number of nitrogens with one attached hydrogen (secondary N) is 2. The van der Waals surface area contributed by atoms with Crippen molar-refractivity contribution in [2.24, 2.45) is 0 Å². The lowest BCUT2D eigenvalue weighted by Gasteiger charge is -2.17. The molecular formula is C19H20N2O3S. The molecule has 1 aliphatic heterocycles. The Bertz CT molecular complexity index is 807. The molecule has 2 aromatic carbocycles. The standard InChI is InChI=1S/C19H20N2O3S/c1-3-12(2)14-6-4-5-7-15(14)20-19(25)21-18(22)13-8-9-16-17(10-13)24-11-23-16/h4-10,12H,3,11H2,1-2H3,(H2,20,21,22,25)/t12-/m0/s1. The smallest absolute Gasteiger partial charge is 0.257 e. The molecule has 5 nitrogen and oxygen atoms in total. The normalized spacial score (nSPS) is 13.2. The summed E-state index contributed by atoms with van der Waals surface area (Å²) >= 11 is 5.30. The van der Waals surface area contributed by atoms with Crippen LogP contribution < -0.4 is 20.1 Å². The van der Waals surface area contributed by atoms with Gasteiger partial charge in [0.05, 0.1) is 0 Å². The molecule has 3 rings (SSSR count). The summed E-state index contributed by atoms with van der Waals surface area (Å²) in [7, 11) is 0. The Morgan fingerprint density at radius 1 is 1.20 bits per heavy atom. The van der Waals surface area contributed by atoms with E-state index in [0.717, 1.165) is 12.1 Å². The molecule has 0 radical (unpaired) electrons. The molecule has 1 heterocycles. The summed E-state index contributed by atoms with van der Waals surface area (Å²) in [5, 5.41) is 6.09. The third-order valence-electron chi connectivity index (χ3n) is 4.21. The summed E-state index contributed by atoms with van der Waals surface area (Å²) in [6.45, 7) is 4.47. The fourth-order valence-corrected chi connectivity index (χ4v) is 2.83. The summed E-state index contributed by atoms with van der Waals surface area (Å²) in [5.41, 5.74) is 2.54. The van der Waals surface area contributed by atoms with Gasteiger partial charge in [0.2, 0.25) is 6.79 Å². The molecule has 0 saturated heterocycles. The molecule has 2 aromatic rings. The summed E-state index contributed by atoms with van der Waals surface area (Å²) in [4.78, 5) is 12.4. The van der Waals surface area contributed by atoms with E-state index in [4.69, 9.17) is 21.7 Å². The number of anilines is 1. The van der Waals surface area contributed by atoms with Gasteiger partial charge in [0.1, 0.15) is 0 Å². The predicted molar refractivity (Wildman–Crippen MR) is 101 cm³/mol. The maximum atomic E-state index is 12.4. The molecular weight excluding hydrogens is 336 g/mol. The highest BCUT2D eigenvalue weighted by Crippen LogP contribution is 2.32. The zero-order chi connectivity index (χ0) is 17.8. The fourth-order valence-electron chi connectivity index (χ4n) is 2.63. The van der Waals surface area contributed by atoms with Crippen LogP contribution in [0.25, 0.3) is 0 Å². The van der Waals surface area contributed by atoms with E-state index in [1.165, 1.54) is 5.56 Å². The highest BCUT2D eigenvalue weighted by Gasteiger charge is 2.17. The van der Waals surface area contributed by atoms with Gasteiger partial charge in [-0.1, -0.05) is 32.0 Å². The van der Waals surface area contributed by atoms with E-state index >= 15 is 0 Å². The van der Waals surface area contributed by atoms with E-state index in [9.17, 15) is 4.79 Å². The van der Waals surface area contributed by atoms with Crippen LogP contribution >= 0.6 is 12.2 Å². The minimum atomic E-state index is -0.295. The monoisotopic (exact) mass is 356 g/mol. The number of hydrogen-bond acceptors (Lipinski definition) is 4. The number of para-hydroxylation sites is 1. The first-order valence-corrected chi connectivity index (χ1v) is 8.60. The molecule has 1 atom stereocenters. The number of thiocarbonyl (C=S) groups is 1. The van der Waals surface area contributed by atoms with Crippen molar-refractivity contribution in [3.8, 4) is 11.5 Å². The molecule has 0 saturated carbocycles. The topological polar surface area (TPSA) is 59.6 Å². The van der Waals surface area contributed by atoms with Crippen LogP contribution in [-0.4, -0.2) is 17.8 Å². The molecule has 0 aromatic heterocycles. The Balaban J connectivity index is 1.68. The number of carbonyl (C=O) groups is 1. The number of carbonyl (C=O) groups excluding carboxylic acids is 1. The number of ether oxygens (including phenoxy) is 2. The third-order valence-corrected chi connectivity index (χ3v) is 4.42. The molecule has 1 amide bonds. The minimum absolute atomic E-state index is 0.173. The van der Waals surface area contributed by atoms with Crippen molar-refractivity contribution >= 4 is 28.9 Å². The van der Waals surface area contributed by atoms with Crippen LogP contribution in [0.3, 0.4) is 0 Å². The van der Waals surface area contributed by atoms with Crippen molar-refractivity contribution in [1.82, 2.24) is 5.32 Å². The average molecular weight is 356 g/mol. The third kappa shape index (κ3) is 3.91. The minimum Gasteiger partial charge on any atom is -0.454 e. The van der Waals surface area contributed by atoms with Gasteiger partial charge in [-0.25, -0.2) is 0 Å². The van der Waals surface area contributed by atoms with E-state index in [2.05, 4.69) is 30.5 Å². The molecule has 130 valence electrons. The van der Waals surface area contributed by atoms with Crippen molar-refractivity contribution in [1.29, 1.82) is 0 Å². The van der Waals surface area contributed by atoms with Gasteiger partial charge < -0.3 is 14.8 Å². The summed E-state index contributed by atoms with van der Waals surface area (Å²) in [6, 6.07) is 13.0. The lowest BCUT2D eigenvalue weighted by atomic mass is 9.97. The van der Waals surface area contributed by atoms with Gasteiger partial charge in [-0.2, -0.15) is 0 Å². The zero-order valence-electron chi connectivity index (χ0n) is 14.2. The van der Waals surface area contributed by atoms with E-state index in [1.807, 2.05) is 18.2 Å². The molecule has 1 aliphatic rings. The van der Waals surface area contributed by atoms with Crippen LogP contribution in [0.4, 0.5) is 5.69 Å². The van der Waals surface area contributed by atoms with Gasteiger partial charge in [0, 0.05) is 11.3 Å².